The van der Waals surface area contributed by atoms with Gasteiger partial charge >= 0.3 is 0 Å². The van der Waals surface area contributed by atoms with E-state index >= 15 is 0 Å². The summed E-state index contributed by atoms with van der Waals surface area (Å²) < 4.78 is 0. The molecule has 0 N–H and O–H groups in total. The zero-order chi connectivity index (χ0) is 39.8. The number of ketones is 2. The van der Waals surface area contributed by atoms with Crippen LogP contribution in [-0.2, 0) is 16.0 Å². The molecule has 1 aromatic rings. The van der Waals surface area contributed by atoms with Gasteiger partial charge in [0.25, 0.3) is 0 Å². The maximum absolute atomic E-state index is 10.2. The lowest BCUT2D eigenvalue weighted by Crippen LogP contribution is -2.06. The second-order valence-electron chi connectivity index (χ2n) is 13.1. The van der Waals surface area contributed by atoms with Crippen molar-refractivity contribution in [3.8, 4) is 0 Å². The number of Topliss-reactive ketones (excluding diaryl/α,β-unsaturated/α-hetero) is 2. The normalized spacial score (nSPS) is 12.5. The lowest BCUT2D eigenvalue weighted by molar-refractivity contribution is -0.117. The highest BCUT2D eigenvalue weighted by atomic mass is 16.1. The van der Waals surface area contributed by atoms with Crippen molar-refractivity contribution < 1.29 is 9.59 Å². The van der Waals surface area contributed by atoms with Crippen LogP contribution in [0.5, 0.6) is 0 Å². The summed E-state index contributed by atoms with van der Waals surface area (Å²) in [5, 5.41) is 0. The SMILES string of the molecule is C=C/C=C\C(C)=C/C.CC.CC.CCC(C)=O.CCCCC.CCCCC(C)=O.CCCc1cc(C(CC)CC(C)CCC)ccc1C1CC1. The van der Waals surface area contributed by atoms with E-state index in [9.17, 15) is 9.59 Å². The first kappa shape index (κ1) is 57.1. The Morgan fingerprint density at radius 3 is 1.68 bits per heavy atom. The lowest BCUT2D eigenvalue weighted by atomic mass is 9.84. The van der Waals surface area contributed by atoms with E-state index in [0.717, 1.165) is 37.0 Å². The first-order chi connectivity index (χ1) is 24.0. The summed E-state index contributed by atoms with van der Waals surface area (Å²) in [6.45, 7) is 36.6. The summed E-state index contributed by atoms with van der Waals surface area (Å²) >= 11 is 0. The van der Waals surface area contributed by atoms with Gasteiger partial charge in [-0.25, -0.2) is 0 Å². The average Bonchev–Trinajstić information content (AvgIpc) is 3.98. The highest BCUT2D eigenvalue weighted by Gasteiger charge is 2.26. The molecule has 0 aromatic heterocycles. The molecule has 0 heterocycles. The Morgan fingerprint density at radius 2 is 1.36 bits per heavy atom. The molecule has 2 heteroatoms. The molecule has 294 valence electrons. The molecule has 2 rings (SSSR count). The van der Waals surface area contributed by atoms with Gasteiger partial charge in [0, 0.05) is 12.8 Å². The zero-order valence-corrected chi connectivity index (χ0v) is 36.9. The van der Waals surface area contributed by atoms with Gasteiger partial charge in [-0.2, -0.15) is 0 Å². The first-order valence-electron chi connectivity index (χ1n) is 21.0. The fourth-order valence-corrected chi connectivity index (χ4v) is 4.89. The maximum Gasteiger partial charge on any atom is 0.129 e. The average molecular weight is 699 g/mol. The highest BCUT2D eigenvalue weighted by Crippen LogP contribution is 2.43. The quantitative estimate of drug-likeness (QED) is 0.152. The van der Waals surface area contributed by atoms with Crippen molar-refractivity contribution in [1.82, 2.24) is 0 Å². The molecule has 2 unspecified atom stereocenters. The molecule has 2 atom stereocenters. The largest absolute Gasteiger partial charge is 0.300 e. The summed E-state index contributed by atoms with van der Waals surface area (Å²) in [6, 6.07) is 7.47. The molecule has 1 aliphatic rings. The Labute approximate surface area is 316 Å². The van der Waals surface area contributed by atoms with Crippen molar-refractivity contribution >= 4 is 11.6 Å². The van der Waals surface area contributed by atoms with Crippen LogP contribution in [0.3, 0.4) is 0 Å². The van der Waals surface area contributed by atoms with E-state index in [1.54, 1.807) is 36.6 Å². The van der Waals surface area contributed by atoms with Gasteiger partial charge in [0.2, 0.25) is 0 Å². The number of hydrogen-bond donors (Lipinski definition) is 0. The standard InChI is InChI=1S/C21H34.C8H12.C6H12O.C5H12.C4H8O.2C2H6/c1-5-8-16(4)14-17(7-3)19-12-13-21(18-10-11-18)20(15-19)9-6-2;1-4-6-7-8(3)5-2;1-3-4-5-6(2)7;1-3-5-4-2;1-3-4(2)5;2*1-2/h12-13,15-18H,5-11,14H2,1-4H3;4-7H,1H2,2-3H3;3-5H2,1-2H3;3-5H2,1-2H3;3H2,1-2H3;2*1-2H3/b;7-6-,8-5-;;;;;. The van der Waals surface area contributed by atoms with Crippen LogP contribution in [0.4, 0.5) is 0 Å². The fourth-order valence-electron chi connectivity index (χ4n) is 4.89. The fraction of sp³-hybridized carbons (Fsp3) is 0.708. The third-order valence-corrected chi connectivity index (χ3v) is 8.17. The first-order valence-corrected chi connectivity index (χ1v) is 21.0. The van der Waals surface area contributed by atoms with E-state index in [0.29, 0.717) is 12.2 Å². The molecular weight excluding hydrogens is 609 g/mol. The van der Waals surface area contributed by atoms with E-state index in [-0.39, 0.29) is 5.78 Å². The topological polar surface area (TPSA) is 34.1 Å². The number of rotatable bonds is 17. The number of hydrogen-bond acceptors (Lipinski definition) is 2. The van der Waals surface area contributed by atoms with Gasteiger partial charge in [-0.1, -0.05) is 183 Å². The van der Waals surface area contributed by atoms with Crippen LogP contribution >= 0.6 is 0 Å². The molecule has 1 fully saturated rings. The number of carbonyl (C=O) groups is 2. The summed E-state index contributed by atoms with van der Waals surface area (Å²) in [6.07, 6.45) is 26.2. The van der Waals surface area contributed by atoms with Gasteiger partial charge in [0.1, 0.15) is 11.6 Å². The summed E-state index contributed by atoms with van der Waals surface area (Å²) in [7, 11) is 0. The van der Waals surface area contributed by atoms with E-state index in [1.807, 2.05) is 53.7 Å². The Bertz CT molecular complexity index is 929. The molecule has 1 saturated carbocycles. The number of carbonyl (C=O) groups excluding carboxylic acids is 2. The van der Waals surface area contributed by atoms with Crippen molar-refractivity contribution in [2.45, 2.75) is 219 Å². The minimum absolute atomic E-state index is 0.255. The summed E-state index contributed by atoms with van der Waals surface area (Å²) in [5.74, 6) is 3.07. The Kier molecular flexibility index (Phi) is 51.2. The number of benzene rings is 1. The van der Waals surface area contributed by atoms with Crippen molar-refractivity contribution in [3.05, 3.63) is 71.3 Å². The van der Waals surface area contributed by atoms with Gasteiger partial charge in [-0.15, -0.1) is 0 Å². The van der Waals surface area contributed by atoms with E-state index < -0.39 is 0 Å². The van der Waals surface area contributed by atoms with Gasteiger partial charge in [-0.3, -0.25) is 0 Å². The lowest BCUT2D eigenvalue weighted by Gasteiger charge is -2.21. The molecule has 50 heavy (non-hydrogen) atoms. The van der Waals surface area contributed by atoms with Crippen LogP contribution in [0.1, 0.15) is 229 Å². The van der Waals surface area contributed by atoms with Gasteiger partial charge in [0.15, 0.2) is 0 Å². The van der Waals surface area contributed by atoms with Crippen LogP contribution in [0.2, 0.25) is 0 Å². The monoisotopic (exact) mass is 699 g/mol. The molecule has 1 aliphatic carbocycles. The molecule has 0 bridgehead atoms. The summed E-state index contributed by atoms with van der Waals surface area (Å²) in [4.78, 5) is 20.0. The Balaban J connectivity index is -0.000000193. The minimum atomic E-state index is 0.255. The minimum Gasteiger partial charge on any atom is -0.300 e. The highest BCUT2D eigenvalue weighted by molar-refractivity contribution is 5.75. The Hall–Kier alpha value is -2.22. The smallest absolute Gasteiger partial charge is 0.129 e. The van der Waals surface area contributed by atoms with Crippen LogP contribution in [0.25, 0.3) is 0 Å². The second kappa shape index (κ2) is 44.8. The molecular formula is C48H90O2. The predicted octanol–water partition coefficient (Wildman–Crippen LogP) is 16.5. The summed E-state index contributed by atoms with van der Waals surface area (Å²) in [5.41, 5.74) is 6.19. The van der Waals surface area contributed by atoms with Gasteiger partial charge < -0.3 is 9.59 Å². The second-order valence-corrected chi connectivity index (χ2v) is 13.1. The van der Waals surface area contributed by atoms with Crippen molar-refractivity contribution in [1.29, 1.82) is 0 Å². The third kappa shape index (κ3) is 40.2. The van der Waals surface area contributed by atoms with Crippen LogP contribution in [-0.4, -0.2) is 11.6 Å². The number of aryl methyl sites for hydroxylation is 1. The molecule has 2 nitrogen and oxygen atoms in total. The molecule has 0 spiro atoms. The third-order valence-electron chi connectivity index (χ3n) is 8.17. The predicted molar refractivity (Wildman–Crippen MR) is 232 cm³/mol. The molecule has 0 aliphatic heterocycles. The number of unbranched alkanes of at least 4 members (excludes halogenated alkanes) is 3. The van der Waals surface area contributed by atoms with Crippen molar-refractivity contribution in [2.75, 3.05) is 0 Å². The van der Waals surface area contributed by atoms with E-state index in [4.69, 9.17) is 0 Å². The van der Waals surface area contributed by atoms with E-state index in [2.05, 4.69) is 86.2 Å². The maximum atomic E-state index is 10.2. The van der Waals surface area contributed by atoms with Gasteiger partial charge in [0.05, 0.1) is 0 Å². The van der Waals surface area contributed by atoms with Crippen LogP contribution in [0, 0.1) is 5.92 Å². The molecule has 0 saturated heterocycles. The van der Waals surface area contributed by atoms with Gasteiger partial charge in [-0.05, 0) is 101 Å². The Morgan fingerprint density at radius 1 is 0.820 bits per heavy atom. The van der Waals surface area contributed by atoms with Crippen LogP contribution in [0.15, 0.2) is 54.7 Å². The zero-order valence-electron chi connectivity index (χ0n) is 36.9. The molecule has 0 radical (unpaired) electrons. The van der Waals surface area contributed by atoms with E-state index in [1.165, 1.54) is 76.2 Å². The van der Waals surface area contributed by atoms with Crippen molar-refractivity contribution in [3.63, 3.8) is 0 Å². The molecule has 0 amide bonds. The number of allylic oxidation sites excluding steroid dienone is 5. The van der Waals surface area contributed by atoms with Crippen molar-refractivity contribution in [2.24, 2.45) is 5.92 Å². The van der Waals surface area contributed by atoms with Crippen LogP contribution < -0.4 is 0 Å². The molecule has 1 aromatic carbocycles.